The molecular weight excluding hydrogens is 296 g/mol. The molecule has 7 nitrogen and oxygen atoms in total. The Labute approximate surface area is 134 Å². The first kappa shape index (κ1) is 16.4. The van der Waals surface area contributed by atoms with Crippen LogP contribution in [0.25, 0.3) is 0 Å². The first-order valence-electron chi connectivity index (χ1n) is 7.26. The molecule has 0 saturated carbocycles. The molecule has 0 unspecified atom stereocenters. The lowest BCUT2D eigenvalue weighted by atomic mass is 10.2. The van der Waals surface area contributed by atoms with Crippen LogP contribution in [0.5, 0.6) is 0 Å². The number of benzene rings is 1. The van der Waals surface area contributed by atoms with Crippen molar-refractivity contribution in [2.24, 2.45) is 0 Å². The van der Waals surface area contributed by atoms with Crippen molar-refractivity contribution in [3.8, 4) is 6.07 Å². The Morgan fingerprint density at radius 2 is 1.87 bits per heavy atom. The van der Waals surface area contributed by atoms with E-state index in [1.807, 2.05) is 41.3 Å². The standard InChI is InChI=1S/C16H18N4O3/c17-10-13(16(23)18-11-15(21)22)12-19-6-8-20(9-7-19)14-4-2-1-3-5-14/h1-5,12H,6-9,11H2,(H,18,23)(H,21,22)/b13-12-. The van der Waals surface area contributed by atoms with Gasteiger partial charge >= 0.3 is 5.97 Å². The zero-order valence-corrected chi connectivity index (χ0v) is 12.6. The highest BCUT2D eigenvalue weighted by Crippen LogP contribution is 2.15. The third-order valence-electron chi connectivity index (χ3n) is 3.51. The fourth-order valence-corrected chi connectivity index (χ4v) is 2.32. The number of nitrogens with zero attached hydrogens (tertiary/aromatic N) is 3. The Kier molecular flexibility index (Phi) is 5.58. The van der Waals surface area contributed by atoms with Gasteiger partial charge in [0.15, 0.2) is 0 Å². The molecule has 1 amide bonds. The van der Waals surface area contributed by atoms with E-state index in [0.717, 1.165) is 18.8 Å². The number of carboxylic acid groups (broad SMARTS) is 1. The lowest BCUT2D eigenvalue weighted by molar-refractivity contribution is -0.137. The Morgan fingerprint density at radius 3 is 2.43 bits per heavy atom. The summed E-state index contributed by atoms with van der Waals surface area (Å²) in [7, 11) is 0. The molecule has 7 heteroatoms. The summed E-state index contributed by atoms with van der Waals surface area (Å²) in [5, 5.41) is 19.8. The van der Waals surface area contributed by atoms with E-state index in [1.54, 1.807) is 0 Å². The van der Waals surface area contributed by atoms with Crippen molar-refractivity contribution >= 4 is 17.6 Å². The lowest BCUT2D eigenvalue weighted by Crippen LogP contribution is -2.44. The van der Waals surface area contributed by atoms with Gasteiger partial charge in [0.1, 0.15) is 18.2 Å². The summed E-state index contributed by atoms with van der Waals surface area (Å²) < 4.78 is 0. The summed E-state index contributed by atoms with van der Waals surface area (Å²) in [5.74, 6) is -1.81. The topological polar surface area (TPSA) is 96.7 Å². The van der Waals surface area contributed by atoms with Crippen LogP contribution in [0.4, 0.5) is 5.69 Å². The van der Waals surface area contributed by atoms with Crippen LogP contribution in [-0.2, 0) is 9.59 Å². The maximum Gasteiger partial charge on any atom is 0.322 e. The smallest absolute Gasteiger partial charge is 0.322 e. The van der Waals surface area contributed by atoms with Gasteiger partial charge in [-0.3, -0.25) is 9.59 Å². The quantitative estimate of drug-likeness (QED) is 0.604. The second-order valence-corrected chi connectivity index (χ2v) is 5.09. The molecule has 2 rings (SSSR count). The highest BCUT2D eigenvalue weighted by molar-refractivity contribution is 5.98. The second kappa shape index (κ2) is 7.84. The normalized spacial score (nSPS) is 15.0. The van der Waals surface area contributed by atoms with Crippen LogP contribution in [0, 0.1) is 11.3 Å². The van der Waals surface area contributed by atoms with Crippen molar-refractivity contribution in [1.82, 2.24) is 10.2 Å². The summed E-state index contributed by atoms with van der Waals surface area (Å²) in [6.45, 7) is 2.45. The van der Waals surface area contributed by atoms with Crippen molar-refractivity contribution in [2.45, 2.75) is 0 Å². The molecule has 0 bridgehead atoms. The number of nitriles is 1. The van der Waals surface area contributed by atoms with E-state index in [-0.39, 0.29) is 5.57 Å². The van der Waals surface area contributed by atoms with Crippen molar-refractivity contribution in [3.63, 3.8) is 0 Å². The third kappa shape index (κ3) is 4.74. The number of hydrogen-bond acceptors (Lipinski definition) is 5. The number of carbonyl (C=O) groups is 2. The number of para-hydroxylation sites is 1. The Balaban J connectivity index is 1.92. The molecule has 120 valence electrons. The number of rotatable bonds is 5. The molecule has 1 aliphatic rings. The van der Waals surface area contributed by atoms with Gasteiger partial charge in [-0.15, -0.1) is 0 Å². The fourth-order valence-electron chi connectivity index (χ4n) is 2.32. The average Bonchev–Trinajstić information content (AvgIpc) is 2.59. The van der Waals surface area contributed by atoms with Crippen molar-refractivity contribution in [1.29, 1.82) is 5.26 Å². The van der Waals surface area contributed by atoms with E-state index >= 15 is 0 Å². The van der Waals surface area contributed by atoms with Crippen LogP contribution in [-0.4, -0.2) is 54.6 Å². The SMILES string of the molecule is N#C/C(=C/N1CCN(c2ccccc2)CC1)C(=O)NCC(=O)O. The lowest BCUT2D eigenvalue weighted by Gasteiger charge is -2.35. The van der Waals surface area contributed by atoms with Crippen LogP contribution in [0.15, 0.2) is 42.1 Å². The van der Waals surface area contributed by atoms with Crippen molar-refractivity contribution < 1.29 is 14.7 Å². The van der Waals surface area contributed by atoms with Gasteiger partial charge in [-0.1, -0.05) is 18.2 Å². The molecule has 0 atom stereocenters. The van der Waals surface area contributed by atoms with Gasteiger partial charge in [-0.25, -0.2) is 0 Å². The highest BCUT2D eigenvalue weighted by Gasteiger charge is 2.17. The van der Waals surface area contributed by atoms with Gasteiger partial charge in [0, 0.05) is 38.1 Å². The minimum atomic E-state index is -1.15. The number of amides is 1. The van der Waals surface area contributed by atoms with Crippen LogP contribution in [0.3, 0.4) is 0 Å². The number of anilines is 1. The molecule has 1 aromatic carbocycles. The molecule has 1 saturated heterocycles. The number of aliphatic carboxylic acids is 1. The van der Waals surface area contributed by atoms with E-state index in [1.165, 1.54) is 6.20 Å². The highest BCUT2D eigenvalue weighted by atomic mass is 16.4. The Bertz CT molecular complexity index is 628. The average molecular weight is 314 g/mol. The molecule has 0 radical (unpaired) electrons. The van der Waals surface area contributed by atoms with E-state index < -0.39 is 18.4 Å². The molecule has 0 aliphatic carbocycles. The molecule has 1 aromatic rings. The number of hydrogen-bond donors (Lipinski definition) is 2. The van der Waals surface area contributed by atoms with E-state index in [4.69, 9.17) is 10.4 Å². The van der Waals surface area contributed by atoms with Crippen LogP contribution >= 0.6 is 0 Å². The van der Waals surface area contributed by atoms with Crippen molar-refractivity contribution in [2.75, 3.05) is 37.6 Å². The summed E-state index contributed by atoms with van der Waals surface area (Å²) in [4.78, 5) is 26.3. The molecule has 2 N–H and O–H groups in total. The largest absolute Gasteiger partial charge is 0.480 e. The predicted molar refractivity (Wildman–Crippen MR) is 84.6 cm³/mol. The van der Waals surface area contributed by atoms with Crippen LogP contribution < -0.4 is 10.2 Å². The first-order chi connectivity index (χ1) is 11.1. The van der Waals surface area contributed by atoms with Gasteiger partial charge in [0.25, 0.3) is 5.91 Å². The number of carboxylic acids is 1. The van der Waals surface area contributed by atoms with Crippen LogP contribution in [0.2, 0.25) is 0 Å². The first-order valence-corrected chi connectivity index (χ1v) is 7.26. The van der Waals surface area contributed by atoms with Gasteiger partial charge < -0.3 is 20.2 Å². The summed E-state index contributed by atoms with van der Waals surface area (Å²) in [6, 6.07) is 11.9. The molecular formula is C16H18N4O3. The Hall–Kier alpha value is -3.01. The summed E-state index contributed by atoms with van der Waals surface area (Å²) in [5.41, 5.74) is 1.07. The van der Waals surface area contributed by atoms with Crippen LogP contribution in [0.1, 0.15) is 0 Å². The van der Waals surface area contributed by atoms with Gasteiger partial charge in [0.2, 0.25) is 0 Å². The number of nitrogens with one attached hydrogen (secondary N) is 1. The van der Waals surface area contributed by atoms with E-state index in [2.05, 4.69) is 10.2 Å². The van der Waals surface area contributed by atoms with E-state index in [0.29, 0.717) is 13.1 Å². The monoisotopic (exact) mass is 314 g/mol. The molecule has 1 fully saturated rings. The number of carbonyl (C=O) groups excluding carboxylic acids is 1. The zero-order chi connectivity index (χ0) is 16.7. The minimum absolute atomic E-state index is 0.0839. The zero-order valence-electron chi connectivity index (χ0n) is 12.6. The number of piperazine rings is 1. The van der Waals surface area contributed by atoms with Crippen molar-refractivity contribution in [3.05, 3.63) is 42.1 Å². The maximum atomic E-state index is 11.7. The third-order valence-corrected chi connectivity index (χ3v) is 3.51. The molecule has 1 aliphatic heterocycles. The van der Waals surface area contributed by atoms with Gasteiger partial charge in [-0.2, -0.15) is 5.26 Å². The summed E-state index contributed by atoms with van der Waals surface area (Å²) in [6.07, 6.45) is 1.50. The predicted octanol–water partition coefficient (Wildman–Crippen LogP) is 0.417. The second-order valence-electron chi connectivity index (χ2n) is 5.09. The van der Waals surface area contributed by atoms with Gasteiger partial charge in [-0.05, 0) is 12.1 Å². The molecule has 23 heavy (non-hydrogen) atoms. The minimum Gasteiger partial charge on any atom is -0.480 e. The fraction of sp³-hybridized carbons (Fsp3) is 0.312. The maximum absolute atomic E-state index is 11.7. The molecule has 0 aromatic heterocycles. The molecule has 0 spiro atoms. The summed E-state index contributed by atoms with van der Waals surface area (Å²) >= 11 is 0. The van der Waals surface area contributed by atoms with E-state index in [9.17, 15) is 9.59 Å². The molecule has 1 heterocycles. The Morgan fingerprint density at radius 1 is 1.22 bits per heavy atom. The van der Waals surface area contributed by atoms with Gasteiger partial charge in [0.05, 0.1) is 0 Å².